The summed E-state index contributed by atoms with van der Waals surface area (Å²) in [6.07, 6.45) is 0. The second-order valence-electron chi connectivity index (χ2n) is 3.85. The van der Waals surface area contributed by atoms with Gasteiger partial charge in [0.2, 0.25) is 0 Å². The van der Waals surface area contributed by atoms with Gasteiger partial charge in [-0.3, -0.25) is 0 Å². The van der Waals surface area contributed by atoms with Crippen molar-refractivity contribution in [2.75, 3.05) is 0 Å². The molecule has 13 heavy (non-hydrogen) atoms. The fraction of sp³-hybridized carbons (Fsp3) is 0.333. The summed E-state index contributed by atoms with van der Waals surface area (Å²) in [6, 6.07) is 0. The molecule has 0 atom stereocenters. The molecule has 0 spiro atoms. The van der Waals surface area contributed by atoms with E-state index >= 15 is 0 Å². The summed E-state index contributed by atoms with van der Waals surface area (Å²) in [6.45, 7) is 6.88. The summed E-state index contributed by atoms with van der Waals surface area (Å²) in [4.78, 5) is 4.70. The van der Waals surface area contributed by atoms with E-state index in [2.05, 4.69) is 56.8 Å². The van der Waals surface area contributed by atoms with Crippen molar-refractivity contribution in [3.05, 3.63) is 15.4 Å². The van der Waals surface area contributed by atoms with E-state index in [1.54, 1.807) is 0 Å². The average Bonchev–Trinajstić information content (AvgIpc) is 2.46. The van der Waals surface area contributed by atoms with E-state index in [1.807, 2.05) is 0 Å². The molecule has 0 fully saturated rings. The Morgan fingerprint density at radius 3 is 2.62 bits per heavy atom. The second-order valence-corrected chi connectivity index (χ2v) is 11.9. The summed E-state index contributed by atoms with van der Waals surface area (Å²) in [5.41, 5.74) is 4.77. The van der Waals surface area contributed by atoms with Gasteiger partial charge in [-0.15, -0.1) is 0 Å². The van der Waals surface area contributed by atoms with Crippen molar-refractivity contribution in [1.82, 2.24) is 0 Å². The van der Waals surface area contributed by atoms with Gasteiger partial charge < -0.3 is 0 Å². The minimum atomic E-state index is -1.18. The average molecular weight is 312 g/mol. The first kappa shape index (κ1) is 12.0. The maximum absolute atomic E-state index is 3.43. The van der Waals surface area contributed by atoms with Gasteiger partial charge in [0.05, 0.1) is 0 Å². The predicted molar refractivity (Wildman–Crippen MR) is 64.7 cm³/mol. The van der Waals surface area contributed by atoms with Gasteiger partial charge in [-0.1, -0.05) is 0 Å². The van der Waals surface area contributed by atoms with Crippen molar-refractivity contribution in [2.45, 2.75) is 19.6 Å². The van der Waals surface area contributed by atoms with Gasteiger partial charge in [0.25, 0.3) is 0 Å². The molecule has 0 saturated heterocycles. The standard InChI is InChI=1S/C9H12Se2Si.Li/c1-12(2,3)5-4-8-6-11-7-9(8)10;/h6-7,10H,1-3H3;/q;+1/p-1. The molecule has 0 aromatic carbocycles. The van der Waals surface area contributed by atoms with Crippen LogP contribution in [0.5, 0.6) is 0 Å². The fourth-order valence-electron chi connectivity index (χ4n) is 0.789. The van der Waals surface area contributed by atoms with Crippen LogP contribution in [-0.4, -0.2) is 51.1 Å². The van der Waals surface area contributed by atoms with Crippen LogP contribution in [0.2, 0.25) is 19.6 Å². The molecule has 0 bridgehead atoms. The molecule has 1 aromatic rings. The van der Waals surface area contributed by atoms with Crippen LogP contribution in [0.1, 0.15) is 5.56 Å². The summed E-state index contributed by atoms with van der Waals surface area (Å²) < 4.78 is 1.53. The van der Waals surface area contributed by atoms with E-state index in [1.165, 1.54) is 10.0 Å². The summed E-state index contributed by atoms with van der Waals surface area (Å²) in [7, 11) is -1.18. The molecule has 1 rings (SSSR count). The molecule has 0 amide bonds. The first-order chi connectivity index (χ1) is 6.03. The van der Waals surface area contributed by atoms with Crippen molar-refractivity contribution in [1.29, 1.82) is 0 Å². The van der Waals surface area contributed by atoms with Crippen LogP contribution in [0.3, 0.4) is 0 Å². The zero-order chi connectivity index (χ0) is 9.90. The van der Waals surface area contributed by atoms with Crippen LogP contribution in [0.4, 0.5) is 0 Å². The third kappa shape index (κ3) is 4.29. The van der Waals surface area contributed by atoms with E-state index < -0.39 is 8.07 Å². The molecule has 0 nitrogen and oxygen atoms in total. The second kappa shape index (κ2) is 5.11. The predicted octanol–water partition coefficient (Wildman–Crippen LogP) is 0.385. The molecule has 0 aliphatic heterocycles. The number of hydrogen-bond donors (Lipinski definition) is 0. The molecule has 1 aromatic heterocycles. The van der Waals surface area contributed by atoms with Crippen molar-refractivity contribution in [3.8, 4) is 11.5 Å². The molecular formula is C9H11LiSe2Si. The van der Waals surface area contributed by atoms with E-state index in [0.717, 1.165) is 0 Å². The van der Waals surface area contributed by atoms with Gasteiger partial charge >= 0.3 is 102 Å². The van der Waals surface area contributed by atoms with E-state index in [4.69, 9.17) is 0 Å². The Balaban J connectivity index is 2.89. The molecule has 0 saturated carbocycles. The fourth-order valence-corrected chi connectivity index (χ4v) is 5.57. The quantitative estimate of drug-likeness (QED) is 0.520. The molecule has 1 heterocycles. The SMILES string of the molecule is [Li][Se]c1c[se]cc1C#C[Si](C)(C)C. The normalized spacial score (nSPS) is 10.8. The summed E-state index contributed by atoms with van der Waals surface area (Å²) >= 11 is 3.49. The molecule has 0 aliphatic carbocycles. The van der Waals surface area contributed by atoms with Crippen LogP contribution in [0.25, 0.3) is 0 Å². The third-order valence-electron chi connectivity index (χ3n) is 1.42. The summed E-state index contributed by atoms with van der Waals surface area (Å²) in [5.74, 6) is 3.36. The molecule has 64 valence electrons. The van der Waals surface area contributed by atoms with E-state index in [-0.39, 0.29) is 0 Å². The van der Waals surface area contributed by atoms with Gasteiger partial charge in [0, 0.05) is 0 Å². The van der Waals surface area contributed by atoms with Gasteiger partial charge in [-0.2, -0.15) is 0 Å². The van der Waals surface area contributed by atoms with E-state index in [9.17, 15) is 0 Å². The topological polar surface area (TPSA) is 0 Å². The number of hydrogen-bond acceptors (Lipinski definition) is 0. The van der Waals surface area contributed by atoms with Crippen molar-refractivity contribution in [2.24, 2.45) is 0 Å². The minimum absolute atomic E-state index is 0.594. The van der Waals surface area contributed by atoms with Crippen molar-refractivity contribution >= 4 is 55.6 Å². The number of rotatable bonds is 1. The monoisotopic (exact) mass is 314 g/mol. The van der Waals surface area contributed by atoms with Crippen LogP contribution in [0, 0.1) is 11.5 Å². The van der Waals surface area contributed by atoms with Gasteiger partial charge in [-0.05, 0) is 0 Å². The third-order valence-corrected chi connectivity index (χ3v) is 6.24. The van der Waals surface area contributed by atoms with Gasteiger partial charge in [-0.25, -0.2) is 0 Å². The Morgan fingerprint density at radius 2 is 2.08 bits per heavy atom. The van der Waals surface area contributed by atoms with Gasteiger partial charge in [0.1, 0.15) is 0 Å². The first-order valence-corrected chi connectivity index (χ1v) is 12.2. The molecule has 0 N–H and O–H groups in total. The Kier molecular flexibility index (Phi) is 4.70. The van der Waals surface area contributed by atoms with Crippen LogP contribution < -0.4 is 4.46 Å². The Labute approximate surface area is 101 Å². The van der Waals surface area contributed by atoms with E-state index in [0.29, 0.717) is 27.3 Å². The molecule has 0 unspecified atom stereocenters. The van der Waals surface area contributed by atoms with Crippen molar-refractivity contribution in [3.63, 3.8) is 0 Å². The first-order valence-electron chi connectivity index (χ1n) is 4.16. The molecule has 0 aliphatic rings. The Bertz CT molecular complexity index is 340. The summed E-state index contributed by atoms with van der Waals surface area (Å²) in [5, 5.41) is 0. The Morgan fingerprint density at radius 1 is 1.38 bits per heavy atom. The van der Waals surface area contributed by atoms with Crippen LogP contribution in [-0.2, 0) is 0 Å². The van der Waals surface area contributed by atoms with Gasteiger partial charge in [0.15, 0.2) is 0 Å². The molecular weight excluding hydrogens is 301 g/mol. The van der Waals surface area contributed by atoms with Crippen LogP contribution in [0.15, 0.2) is 9.88 Å². The van der Waals surface area contributed by atoms with Crippen molar-refractivity contribution < 1.29 is 0 Å². The zero-order valence-electron chi connectivity index (χ0n) is 8.47. The zero-order valence-corrected chi connectivity index (χ0v) is 12.9. The molecule has 4 heteroatoms. The molecule has 0 radical (unpaired) electrons. The van der Waals surface area contributed by atoms with Crippen LogP contribution >= 0.6 is 0 Å². The Hall–Kier alpha value is 0.893. The maximum atomic E-state index is 3.43.